The smallest absolute Gasteiger partial charge is 0.352 e. The van der Waals surface area contributed by atoms with Crippen molar-refractivity contribution in [3.05, 3.63) is 35.2 Å². The lowest BCUT2D eigenvalue weighted by Gasteiger charge is -2.49. The van der Waals surface area contributed by atoms with Gasteiger partial charge < -0.3 is 15.3 Å². The number of anilines is 1. The molecule has 2 aliphatic heterocycles. The van der Waals surface area contributed by atoms with Crippen LogP contribution in [0.5, 0.6) is 0 Å². The Morgan fingerprint density at radius 2 is 2.29 bits per heavy atom. The lowest BCUT2D eigenvalue weighted by Crippen LogP contribution is -2.60. The average Bonchev–Trinajstić information content (AvgIpc) is 3.12. The van der Waals surface area contributed by atoms with Gasteiger partial charge in [0.05, 0.1) is 17.5 Å². The van der Waals surface area contributed by atoms with Crippen molar-refractivity contribution in [2.45, 2.75) is 23.2 Å². The number of hydrogen-bond acceptors (Lipinski definition) is 10. The number of carboxylic acid groups (broad SMARTS) is 1. The highest BCUT2D eigenvalue weighted by Gasteiger charge is 2.54. The monoisotopic (exact) mass is 467 g/mol. The number of aliphatic carboxylic acids is 1. The van der Waals surface area contributed by atoms with Gasteiger partial charge in [0.25, 0.3) is 5.82 Å². The van der Waals surface area contributed by atoms with Gasteiger partial charge in [-0.15, -0.1) is 16.9 Å². The Hall–Kier alpha value is -2.68. The lowest BCUT2D eigenvalue weighted by atomic mass is 9.89. The maximum atomic E-state index is 13.0. The summed E-state index contributed by atoms with van der Waals surface area (Å²) >= 11 is 2.89. The first-order valence-corrected chi connectivity index (χ1v) is 11.0. The van der Waals surface area contributed by atoms with Crippen LogP contribution >= 0.6 is 23.5 Å². The van der Waals surface area contributed by atoms with E-state index in [0.29, 0.717) is 34.8 Å². The summed E-state index contributed by atoms with van der Waals surface area (Å²) in [6.45, 7) is 0.309. The van der Waals surface area contributed by atoms with Crippen LogP contribution in [-0.4, -0.2) is 71.6 Å². The normalized spacial score (nSPS) is 20.2. The standard InChI is InChI=1S/C17H19N7O4S2.H2O/c1-22-17(19-20-21-22)30-7-10-6-29-15-12(14(25)24(15)13(10)16(26)27)9-3-4-23(8-28-2)11(18)5-9;/h3-5,12,15,18H,6-8H2,1-2H3,(H,26,27);1H2/t12-,15?;/m1./s1. The second-order valence-corrected chi connectivity index (χ2v) is 8.84. The van der Waals surface area contributed by atoms with E-state index in [9.17, 15) is 14.7 Å². The highest BCUT2D eigenvalue weighted by Crippen LogP contribution is 2.48. The zero-order valence-corrected chi connectivity index (χ0v) is 18.3. The van der Waals surface area contributed by atoms with Crippen molar-refractivity contribution in [2.75, 3.05) is 24.3 Å². The number of carbonyl (C=O) groups is 2. The molecule has 31 heavy (non-hydrogen) atoms. The van der Waals surface area contributed by atoms with Crippen molar-refractivity contribution in [3.8, 4) is 0 Å². The highest BCUT2D eigenvalue weighted by molar-refractivity contribution is 8.01. The first kappa shape index (κ1) is 23.0. The number of carboxylic acids is 1. The molecular weight excluding hydrogens is 446 g/mol. The molecule has 2 aromatic rings. The Kier molecular flexibility index (Phi) is 6.83. The van der Waals surface area contributed by atoms with Crippen LogP contribution in [0.25, 0.3) is 0 Å². The van der Waals surface area contributed by atoms with Crippen LogP contribution in [0.3, 0.4) is 0 Å². The van der Waals surface area contributed by atoms with Gasteiger partial charge in [-0.05, 0) is 27.6 Å². The van der Waals surface area contributed by atoms with E-state index in [-0.39, 0.29) is 22.5 Å². The molecule has 1 saturated heterocycles. The minimum absolute atomic E-state index is 0. The number of aryl methyl sites for hydroxylation is 1. The fourth-order valence-electron chi connectivity index (χ4n) is 3.48. The van der Waals surface area contributed by atoms with Gasteiger partial charge in [-0.3, -0.25) is 15.4 Å². The molecule has 0 radical (unpaired) electrons. The molecule has 0 saturated carbocycles. The summed E-state index contributed by atoms with van der Waals surface area (Å²) < 4.78 is 8.32. The Bertz CT molecular complexity index is 1040. The van der Waals surface area contributed by atoms with Crippen molar-refractivity contribution >= 4 is 41.2 Å². The molecule has 4 N–H and O–H groups in total. The van der Waals surface area contributed by atoms with Crippen LogP contribution in [0.1, 0.15) is 11.5 Å². The molecule has 166 valence electrons. The zero-order valence-electron chi connectivity index (χ0n) is 16.7. The summed E-state index contributed by atoms with van der Waals surface area (Å²) in [4.78, 5) is 26.3. The number of β-lactam (4-membered cyclic amide) rings is 1. The fraction of sp³-hybridized carbons (Fsp3) is 0.412. The number of thioether (sulfide) groups is 2. The highest BCUT2D eigenvalue weighted by atomic mass is 32.2. The van der Waals surface area contributed by atoms with Gasteiger partial charge in [0.2, 0.25) is 11.1 Å². The average molecular weight is 468 g/mol. The number of hydrogen-bond donors (Lipinski definition) is 2. The summed E-state index contributed by atoms with van der Waals surface area (Å²) in [5.74, 6) is -0.401. The van der Waals surface area contributed by atoms with Crippen molar-refractivity contribution in [2.24, 2.45) is 7.05 Å². The number of methoxy groups -OCH3 is 1. The van der Waals surface area contributed by atoms with E-state index in [1.165, 1.54) is 21.3 Å². The van der Waals surface area contributed by atoms with Gasteiger partial charge in [0.15, 0.2) is 6.73 Å². The Morgan fingerprint density at radius 3 is 2.90 bits per heavy atom. The number of ether oxygens (including phenoxy) is 1. The zero-order chi connectivity index (χ0) is 21.4. The quantitative estimate of drug-likeness (QED) is 0.309. The largest absolute Gasteiger partial charge is 0.870 e. The molecule has 1 fully saturated rings. The first-order chi connectivity index (χ1) is 14.4. The molecule has 0 spiro atoms. The number of fused-ring (bicyclic) bond motifs is 1. The lowest BCUT2D eigenvalue weighted by molar-refractivity contribution is -0.718. The van der Waals surface area contributed by atoms with E-state index in [0.717, 1.165) is 5.56 Å². The van der Waals surface area contributed by atoms with Crippen molar-refractivity contribution < 1.29 is 29.5 Å². The Morgan fingerprint density at radius 1 is 1.52 bits per heavy atom. The van der Waals surface area contributed by atoms with Gasteiger partial charge in [0.1, 0.15) is 5.70 Å². The SMILES string of the molecule is COC[n+]1ccc([C@@H]2C(=O)N3C(C(=O)O)=C(CSc4nnnn4C)CSC23)cc1N.[OH-]. The van der Waals surface area contributed by atoms with Crippen LogP contribution in [0.2, 0.25) is 0 Å². The first-order valence-electron chi connectivity index (χ1n) is 8.95. The fourth-order valence-corrected chi connectivity index (χ4v) is 5.90. The van der Waals surface area contributed by atoms with Crippen LogP contribution in [-0.2, 0) is 28.1 Å². The van der Waals surface area contributed by atoms with Crippen molar-refractivity contribution in [1.29, 1.82) is 0 Å². The second kappa shape index (κ2) is 9.21. The number of carbonyl (C=O) groups excluding carboxylic acids is 1. The predicted molar refractivity (Wildman–Crippen MR) is 110 cm³/mol. The predicted octanol–water partition coefficient (Wildman–Crippen LogP) is -0.363. The molecule has 0 aromatic carbocycles. The molecule has 0 bridgehead atoms. The van der Waals surface area contributed by atoms with Gasteiger partial charge >= 0.3 is 5.97 Å². The number of tetrazole rings is 1. The van der Waals surface area contributed by atoms with Crippen LogP contribution in [0.4, 0.5) is 5.82 Å². The molecule has 4 heterocycles. The molecular formula is C17H21N7O5S2. The third-order valence-corrected chi connectivity index (χ3v) is 7.36. The summed E-state index contributed by atoms with van der Waals surface area (Å²) in [5.41, 5.74) is 7.56. The van der Waals surface area contributed by atoms with E-state index >= 15 is 0 Å². The second-order valence-electron chi connectivity index (χ2n) is 6.79. The minimum Gasteiger partial charge on any atom is -0.870 e. The molecule has 0 aliphatic carbocycles. The summed E-state index contributed by atoms with van der Waals surface area (Å²) in [6, 6.07) is 3.57. The molecule has 14 heteroatoms. The minimum atomic E-state index is -1.11. The molecule has 2 aliphatic rings. The van der Waals surface area contributed by atoms with Crippen LogP contribution in [0.15, 0.2) is 34.8 Å². The maximum Gasteiger partial charge on any atom is 0.352 e. The number of amides is 1. The number of nitrogens with zero attached hydrogens (tertiary/aromatic N) is 6. The number of nitrogens with two attached hydrogens (primary N) is 1. The van der Waals surface area contributed by atoms with Crippen LogP contribution < -0.4 is 10.3 Å². The topological polar surface area (TPSA) is 170 Å². The van der Waals surface area contributed by atoms with E-state index in [2.05, 4.69) is 15.5 Å². The van der Waals surface area contributed by atoms with Crippen molar-refractivity contribution in [3.63, 3.8) is 0 Å². The van der Waals surface area contributed by atoms with E-state index in [1.807, 2.05) is 6.07 Å². The third-order valence-electron chi connectivity index (χ3n) is 4.93. The van der Waals surface area contributed by atoms with Crippen LogP contribution in [0, 0.1) is 0 Å². The molecule has 12 nitrogen and oxygen atoms in total. The molecule has 4 rings (SSSR count). The van der Waals surface area contributed by atoms with Gasteiger partial charge in [-0.1, -0.05) is 11.8 Å². The summed E-state index contributed by atoms with van der Waals surface area (Å²) in [7, 11) is 3.29. The van der Waals surface area contributed by atoms with E-state index in [1.54, 1.807) is 42.7 Å². The maximum absolute atomic E-state index is 13.0. The number of aromatic nitrogens is 5. The van der Waals surface area contributed by atoms with Gasteiger partial charge in [0, 0.05) is 31.7 Å². The van der Waals surface area contributed by atoms with Gasteiger partial charge in [-0.25, -0.2) is 14.0 Å². The molecule has 1 unspecified atom stereocenters. The molecule has 1 amide bonds. The molecule has 2 aromatic heterocycles. The van der Waals surface area contributed by atoms with Gasteiger partial charge in [-0.2, -0.15) is 0 Å². The number of pyridine rings is 1. The number of nitrogen functional groups attached to an aromatic ring is 1. The van der Waals surface area contributed by atoms with Crippen molar-refractivity contribution in [1.82, 2.24) is 25.1 Å². The third kappa shape index (κ3) is 4.11. The molecule has 2 atom stereocenters. The summed E-state index contributed by atoms with van der Waals surface area (Å²) in [6.07, 6.45) is 1.77. The summed E-state index contributed by atoms with van der Waals surface area (Å²) in [5, 5.41) is 21.4. The Labute approximate surface area is 185 Å². The number of rotatable bonds is 7. The van der Waals surface area contributed by atoms with E-state index in [4.69, 9.17) is 10.5 Å². The van der Waals surface area contributed by atoms with E-state index < -0.39 is 11.9 Å². The Balaban J connectivity index is 0.00000272.